The van der Waals surface area contributed by atoms with Crippen LogP contribution in [0.2, 0.25) is 0 Å². The highest BCUT2D eigenvalue weighted by Gasteiger charge is 2.41. The number of hydrogen-bond acceptors (Lipinski definition) is 2. The van der Waals surface area contributed by atoms with E-state index >= 15 is 0 Å². The van der Waals surface area contributed by atoms with Gasteiger partial charge < -0.3 is 10.6 Å². The van der Waals surface area contributed by atoms with Crippen molar-refractivity contribution in [3.8, 4) is 0 Å². The summed E-state index contributed by atoms with van der Waals surface area (Å²) in [5.41, 5.74) is 5.99. The molecule has 0 aromatic rings. The number of carbonyl (C=O) groups is 1. The van der Waals surface area contributed by atoms with Gasteiger partial charge in [0.05, 0.1) is 0 Å². The molecule has 0 aromatic carbocycles. The molecule has 0 radical (unpaired) electrons. The minimum atomic E-state index is 0. The molecule has 1 saturated heterocycles. The van der Waals surface area contributed by atoms with Gasteiger partial charge in [-0.05, 0) is 24.7 Å². The van der Waals surface area contributed by atoms with Crippen LogP contribution < -0.4 is 5.73 Å². The fourth-order valence-corrected chi connectivity index (χ4v) is 2.73. The van der Waals surface area contributed by atoms with E-state index in [2.05, 4.69) is 0 Å². The molecule has 82 valence electrons. The van der Waals surface area contributed by atoms with Crippen LogP contribution in [0.1, 0.15) is 26.2 Å². The maximum absolute atomic E-state index is 11.4. The van der Waals surface area contributed by atoms with E-state index in [4.69, 9.17) is 5.73 Å². The number of rotatable bonds is 1. The van der Waals surface area contributed by atoms with E-state index in [1.54, 1.807) is 0 Å². The first-order valence-electron chi connectivity index (χ1n) is 5.25. The Labute approximate surface area is 91.4 Å². The second-order valence-corrected chi connectivity index (χ2v) is 4.32. The van der Waals surface area contributed by atoms with E-state index in [1.807, 2.05) is 11.8 Å². The van der Waals surface area contributed by atoms with E-state index in [1.165, 1.54) is 6.42 Å². The molecular formula is C10H19ClN2O. The summed E-state index contributed by atoms with van der Waals surface area (Å²) in [7, 11) is 0. The molecule has 1 saturated carbocycles. The Kier molecular flexibility index (Phi) is 3.78. The molecular weight excluding hydrogens is 200 g/mol. The lowest BCUT2D eigenvalue weighted by atomic mass is 9.98. The Morgan fingerprint density at radius 1 is 1.43 bits per heavy atom. The Morgan fingerprint density at radius 3 is 2.71 bits per heavy atom. The maximum atomic E-state index is 11.4. The molecule has 2 rings (SSSR count). The lowest BCUT2D eigenvalue weighted by molar-refractivity contribution is -0.130. The second-order valence-electron chi connectivity index (χ2n) is 4.32. The summed E-state index contributed by atoms with van der Waals surface area (Å²) in [6, 6.07) is 0.347. The first kappa shape index (κ1) is 11.8. The number of carbonyl (C=O) groups excluding carboxylic acids is 1. The smallest absolute Gasteiger partial charge is 0.222 e. The van der Waals surface area contributed by atoms with Gasteiger partial charge in [-0.25, -0.2) is 0 Å². The molecule has 1 unspecified atom stereocenters. The van der Waals surface area contributed by atoms with E-state index in [-0.39, 0.29) is 12.4 Å². The minimum absolute atomic E-state index is 0. The molecule has 1 aliphatic carbocycles. The van der Waals surface area contributed by atoms with Crippen molar-refractivity contribution in [1.29, 1.82) is 0 Å². The molecule has 1 aliphatic heterocycles. The molecule has 1 amide bonds. The molecule has 2 N–H and O–H groups in total. The monoisotopic (exact) mass is 218 g/mol. The van der Waals surface area contributed by atoms with Crippen molar-refractivity contribution < 1.29 is 4.79 Å². The van der Waals surface area contributed by atoms with Gasteiger partial charge in [-0.3, -0.25) is 4.79 Å². The van der Waals surface area contributed by atoms with E-state index < -0.39 is 0 Å². The molecule has 0 bridgehead atoms. The van der Waals surface area contributed by atoms with Gasteiger partial charge in [-0.15, -0.1) is 12.4 Å². The second kappa shape index (κ2) is 4.49. The molecule has 3 atom stereocenters. The lowest BCUT2D eigenvalue weighted by Crippen LogP contribution is -2.33. The van der Waals surface area contributed by atoms with Crippen LogP contribution in [0.25, 0.3) is 0 Å². The number of likely N-dealkylation sites (tertiary alicyclic amines) is 1. The molecule has 1 heterocycles. The maximum Gasteiger partial charge on any atom is 0.222 e. The van der Waals surface area contributed by atoms with Gasteiger partial charge in [-0.2, -0.15) is 0 Å². The van der Waals surface area contributed by atoms with Crippen LogP contribution in [0.3, 0.4) is 0 Å². The van der Waals surface area contributed by atoms with Crippen molar-refractivity contribution in [3.63, 3.8) is 0 Å². The zero-order chi connectivity index (χ0) is 9.42. The summed E-state index contributed by atoms with van der Waals surface area (Å²) in [5.74, 6) is 1.59. The summed E-state index contributed by atoms with van der Waals surface area (Å²) in [4.78, 5) is 13.4. The number of halogens is 1. The third-order valence-electron chi connectivity index (χ3n) is 3.57. The van der Waals surface area contributed by atoms with Crippen LogP contribution in [0.4, 0.5) is 0 Å². The molecule has 14 heavy (non-hydrogen) atoms. The first-order chi connectivity index (χ1) is 6.22. The average Bonchev–Trinajstić information content (AvgIpc) is 2.67. The fourth-order valence-electron chi connectivity index (χ4n) is 2.73. The van der Waals surface area contributed by atoms with E-state index in [9.17, 15) is 4.79 Å². The summed E-state index contributed by atoms with van der Waals surface area (Å²) < 4.78 is 0. The van der Waals surface area contributed by atoms with Gasteiger partial charge in [0, 0.05) is 25.6 Å². The van der Waals surface area contributed by atoms with Crippen molar-refractivity contribution in [2.24, 2.45) is 17.6 Å². The average molecular weight is 219 g/mol. The predicted molar refractivity (Wildman–Crippen MR) is 58.3 cm³/mol. The SMILES string of the molecule is CCC(=O)N1C[C@@H]2CCC(N)[C@@H]2C1.Cl. The van der Waals surface area contributed by atoms with Crippen LogP contribution in [0.5, 0.6) is 0 Å². The van der Waals surface area contributed by atoms with Crippen LogP contribution in [-0.4, -0.2) is 29.9 Å². The number of nitrogens with two attached hydrogens (primary N) is 1. The Morgan fingerprint density at radius 2 is 2.14 bits per heavy atom. The van der Waals surface area contributed by atoms with E-state index in [0.29, 0.717) is 30.2 Å². The van der Waals surface area contributed by atoms with Gasteiger partial charge in [-0.1, -0.05) is 6.92 Å². The van der Waals surface area contributed by atoms with Crippen LogP contribution >= 0.6 is 12.4 Å². The number of nitrogens with zero attached hydrogens (tertiary/aromatic N) is 1. The van der Waals surface area contributed by atoms with Crippen molar-refractivity contribution in [2.75, 3.05) is 13.1 Å². The third kappa shape index (κ3) is 1.89. The van der Waals surface area contributed by atoms with Crippen LogP contribution in [0, 0.1) is 11.8 Å². The Balaban J connectivity index is 0.000000980. The highest BCUT2D eigenvalue weighted by molar-refractivity contribution is 5.85. The largest absolute Gasteiger partial charge is 0.342 e. The van der Waals surface area contributed by atoms with Gasteiger partial charge in [0.15, 0.2) is 0 Å². The normalized spacial score (nSPS) is 35.3. The van der Waals surface area contributed by atoms with Gasteiger partial charge in [0.2, 0.25) is 5.91 Å². The van der Waals surface area contributed by atoms with E-state index in [0.717, 1.165) is 19.5 Å². The lowest BCUT2D eigenvalue weighted by Gasteiger charge is -2.17. The van der Waals surface area contributed by atoms with Crippen molar-refractivity contribution in [2.45, 2.75) is 32.2 Å². The predicted octanol–water partition coefficient (Wildman–Crippen LogP) is 1.01. The zero-order valence-electron chi connectivity index (χ0n) is 8.61. The summed E-state index contributed by atoms with van der Waals surface area (Å²) >= 11 is 0. The number of hydrogen-bond donors (Lipinski definition) is 1. The quantitative estimate of drug-likeness (QED) is 0.714. The van der Waals surface area contributed by atoms with Crippen LogP contribution in [0.15, 0.2) is 0 Å². The molecule has 2 fully saturated rings. The van der Waals surface area contributed by atoms with Crippen LogP contribution in [-0.2, 0) is 4.79 Å². The van der Waals surface area contributed by atoms with Crippen molar-refractivity contribution in [3.05, 3.63) is 0 Å². The standard InChI is InChI=1S/C10H18N2O.ClH/c1-2-10(13)12-5-7-3-4-9(11)8(7)6-12;/h7-9H,2-6,11H2,1H3;1H/t7-,8+,9?;/m0./s1. The number of fused-ring (bicyclic) bond motifs is 1. The first-order valence-corrected chi connectivity index (χ1v) is 5.25. The highest BCUT2D eigenvalue weighted by Crippen LogP contribution is 2.37. The van der Waals surface area contributed by atoms with Crippen molar-refractivity contribution >= 4 is 18.3 Å². The Bertz CT molecular complexity index is 222. The van der Waals surface area contributed by atoms with Gasteiger partial charge >= 0.3 is 0 Å². The van der Waals surface area contributed by atoms with Gasteiger partial charge in [0.1, 0.15) is 0 Å². The summed E-state index contributed by atoms with van der Waals surface area (Å²) in [5, 5.41) is 0. The summed E-state index contributed by atoms with van der Waals surface area (Å²) in [6.07, 6.45) is 3.01. The Hall–Kier alpha value is -0.280. The molecule has 4 heteroatoms. The molecule has 0 spiro atoms. The molecule has 3 nitrogen and oxygen atoms in total. The summed E-state index contributed by atoms with van der Waals surface area (Å²) in [6.45, 7) is 3.81. The molecule has 0 aromatic heterocycles. The fraction of sp³-hybridized carbons (Fsp3) is 0.900. The van der Waals surface area contributed by atoms with Gasteiger partial charge in [0.25, 0.3) is 0 Å². The third-order valence-corrected chi connectivity index (χ3v) is 3.57. The zero-order valence-corrected chi connectivity index (χ0v) is 9.43. The topological polar surface area (TPSA) is 46.3 Å². The van der Waals surface area contributed by atoms with Crippen molar-refractivity contribution in [1.82, 2.24) is 4.90 Å². The minimum Gasteiger partial charge on any atom is -0.342 e. The highest BCUT2D eigenvalue weighted by atomic mass is 35.5. The molecule has 2 aliphatic rings. The number of amides is 1.